The molecule has 0 amide bonds. The van der Waals surface area contributed by atoms with Gasteiger partial charge in [-0.25, -0.2) is 0 Å². The summed E-state index contributed by atoms with van der Waals surface area (Å²) in [6.07, 6.45) is 6.67. The summed E-state index contributed by atoms with van der Waals surface area (Å²) in [4.78, 5) is 11.8. The van der Waals surface area contributed by atoms with Crippen molar-refractivity contribution in [3.8, 4) is 28.2 Å². The highest BCUT2D eigenvalue weighted by atomic mass is 35.5. The van der Waals surface area contributed by atoms with E-state index in [2.05, 4.69) is 41.0 Å². The van der Waals surface area contributed by atoms with Crippen LogP contribution in [0.3, 0.4) is 0 Å². The number of aromatic nitrogens is 1. The molecule has 166 valence electrons. The van der Waals surface area contributed by atoms with Crippen LogP contribution in [0, 0.1) is 0 Å². The number of hydrogen-bond donors (Lipinski definition) is 0. The van der Waals surface area contributed by atoms with Gasteiger partial charge in [0.05, 0.1) is 11.4 Å². The largest absolute Gasteiger partial charge is 0.309 e. The molecule has 0 aliphatic heterocycles. The molecule has 0 unspecified atom stereocenters. The third-order valence-electron chi connectivity index (χ3n) is 6.84. The highest BCUT2D eigenvalue weighted by molar-refractivity contribution is 6.30. The molecule has 3 heteroatoms. The Balaban J connectivity index is 1.58. The topological polar surface area (TPSA) is 22.0 Å². The average Bonchev–Trinajstić information content (AvgIpc) is 3.30. The lowest BCUT2D eigenvalue weighted by Gasteiger charge is -2.22. The summed E-state index contributed by atoms with van der Waals surface area (Å²) in [5.41, 5.74) is 7.71. The summed E-state index contributed by atoms with van der Waals surface area (Å²) in [5, 5.41) is 0.723. The van der Waals surface area contributed by atoms with E-state index >= 15 is 0 Å². The third-order valence-corrected chi connectivity index (χ3v) is 7.09. The molecular formula is C30H28ClNO. The van der Waals surface area contributed by atoms with Crippen LogP contribution >= 0.6 is 11.6 Å². The zero-order valence-corrected chi connectivity index (χ0v) is 19.7. The summed E-state index contributed by atoms with van der Waals surface area (Å²) in [5.74, 6) is 0.772. The summed E-state index contributed by atoms with van der Waals surface area (Å²) in [6.45, 7) is 1.60. The van der Waals surface area contributed by atoms with Crippen LogP contribution in [0.1, 0.15) is 60.9 Å². The first-order valence-electron chi connectivity index (χ1n) is 11.8. The van der Waals surface area contributed by atoms with Crippen molar-refractivity contribution in [3.05, 3.63) is 101 Å². The number of Topliss-reactive ketones (excluding diaryl/α,β-unsaturated/α-hetero) is 1. The Morgan fingerprint density at radius 1 is 0.727 bits per heavy atom. The highest BCUT2D eigenvalue weighted by Crippen LogP contribution is 2.36. The summed E-state index contributed by atoms with van der Waals surface area (Å²) >= 11 is 6.14. The second-order valence-corrected chi connectivity index (χ2v) is 9.44. The Morgan fingerprint density at radius 2 is 1.27 bits per heavy atom. The van der Waals surface area contributed by atoms with Gasteiger partial charge in [-0.15, -0.1) is 0 Å². The molecule has 2 nitrogen and oxygen atoms in total. The van der Waals surface area contributed by atoms with Crippen molar-refractivity contribution in [2.24, 2.45) is 0 Å². The molecule has 4 aromatic rings. The lowest BCUT2D eigenvalue weighted by Crippen LogP contribution is -2.04. The fourth-order valence-electron chi connectivity index (χ4n) is 4.99. The number of ketones is 1. The van der Waals surface area contributed by atoms with Crippen molar-refractivity contribution in [2.45, 2.75) is 44.9 Å². The molecule has 1 heterocycles. The molecule has 3 aromatic carbocycles. The van der Waals surface area contributed by atoms with Gasteiger partial charge in [0.25, 0.3) is 0 Å². The minimum atomic E-state index is 0.0745. The number of hydrogen-bond acceptors (Lipinski definition) is 1. The maximum absolute atomic E-state index is 11.8. The van der Waals surface area contributed by atoms with Gasteiger partial charge < -0.3 is 4.57 Å². The molecule has 1 fully saturated rings. The maximum Gasteiger partial charge on any atom is 0.159 e. The van der Waals surface area contributed by atoms with Gasteiger partial charge in [-0.1, -0.05) is 67.3 Å². The minimum Gasteiger partial charge on any atom is -0.309 e. The SMILES string of the molecule is CC(=O)c1ccc(-n2c(-c3ccc(Cl)cc3)ccc2-c2ccc(C3CCCCC3)cc2)cc1. The van der Waals surface area contributed by atoms with Gasteiger partial charge in [0.1, 0.15) is 0 Å². The van der Waals surface area contributed by atoms with E-state index in [1.54, 1.807) is 6.92 Å². The van der Waals surface area contributed by atoms with Gasteiger partial charge in [-0.3, -0.25) is 4.79 Å². The lowest BCUT2D eigenvalue weighted by atomic mass is 9.84. The highest BCUT2D eigenvalue weighted by Gasteiger charge is 2.17. The smallest absolute Gasteiger partial charge is 0.159 e. The predicted molar refractivity (Wildman–Crippen MR) is 137 cm³/mol. The maximum atomic E-state index is 11.8. The molecule has 0 radical (unpaired) electrons. The van der Waals surface area contributed by atoms with Crippen molar-refractivity contribution in [1.82, 2.24) is 4.57 Å². The molecular weight excluding hydrogens is 426 g/mol. The molecule has 1 aromatic heterocycles. The van der Waals surface area contributed by atoms with Gasteiger partial charge in [-0.05, 0) is 90.9 Å². The quantitative estimate of drug-likeness (QED) is 0.277. The number of halogens is 1. The van der Waals surface area contributed by atoms with E-state index in [0.717, 1.165) is 33.2 Å². The first-order chi connectivity index (χ1) is 16.1. The van der Waals surface area contributed by atoms with Gasteiger partial charge in [0.2, 0.25) is 0 Å². The number of carbonyl (C=O) groups excluding carboxylic acids is 1. The van der Waals surface area contributed by atoms with Crippen LogP contribution in [-0.2, 0) is 0 Å². The van der Waals surface area contributed by atoms with Crippen LogP contribution in [0.2, 0.25) is 5.02 Å². The van der Waals surface area contributed by atoms with E-state index in [1.807, 2.05) is 48.5 Å². The normalized spacial score (nSPS) is 14.4. The van der Waals surface area contributed by atoms with Crippen molar-refractivity contribution < 1.29 is 4.79 Å². The van der Waals surface area contributed by atoms with E-state index in [-0.39, 0.29) is 5.78 Å². The van der Waals surface area contributed by atoms with Crippen LogP contribution in [-0.4, -0.2) is 10.4 Å². The molecule has 0 spiro atoms. The molecule has 1 saturated carbocycles. The van der Waals surface area contributed by atoms with Gasteiger partial charge in [-0.2, -0.15) is 0 Å². The van der Waals surface area contributed by atoms with Crippen LogP contribution in [0.4, 0.5) is 0 Å². The van der Waals surface area contributed by atoms with Crippen LogP contribution in [0.15, 0.2) is 84.9 Å². The zero-order valence-electron chi connectivity index (χ0n) is 18.9. The monoisotopic (exact) mass is 453 g/mol. The Labute approximate surface area is 200 Å². The van der Waals surface area contributed by atoms with E-state index in [4.69, 9.17) is 11.6 Å². The Hall–Kier alpha value is -3.10. The minimum absolute atomic E-state index is 0.0745. The van der Waals surface area contributed by atoms with Gasteiger partial charge >= 0.3 is 0 Å². The number of nitrogens with zero attached hydrogens (tertiary/aromatic N) is 1. The predicted octanol–water partition coefficient (Wildman–Crippen LogP) is 8.72. The molecule has 0 bridgehead atoms. The van der Waals surface area contributed by atoms with E-state index in [9.17, 15) is 4.79 Å². The average molecular weight is 454 g/mol. The molecule has 0 atom stereocenters. The fourth-order valence-corrected chi connectivity index (χ4v) is 5.12. The first-order valence-corrected chi connectivity index (χ1v) is 12.2. The van der Waals surface area contributed by atoms with Gasteiger partial charge in [0, 0.05) is 16.3 Å². The second-order valence-electron chi connectivity index (χ2n) is 9.01. The van der Waals surface area contributed by atoms with E-state index in [1.165, 1.54) is 43.2 Å². The van der Waals surface area contributed by atoms with E-state index < -0.39 is 0 Å². The summed E-state index contributed by atoms with van der Waals surface area (Å²) in [6, 6.07) is 29.3. The van der Waals surface area contributed by atoms with Crippen LogP contribution < -0.4 is 0 Å². The molecule has 33 heavy (non-hydrogen) atoms. The van der Waals surface area contributed by atoms with Crippen molar-refractivity contribution in [3.63, 3.8) is 0 Å². The van der Waals surface area contributed by atoms with Crippen molar-refractivity contribution in [2.75, 3.05) is 0 Å². The third kappa shape index (κ3) is 4.54. The molecule has 0 N–H and O–H groups in total. The lowest BCUT2D eigenvalue weighted by molar-refractivity contribution is 0.101. The van der Waals surface area contributed by atoms with Crippen LogP contribution in [0.5, 0.6) is 0 Å². The number of rotatable bonds is 5. The van der Waals surface area contributed by atoms with E-state index in [0.29, 0.717) is 5.92 Å². The fraction of sp³-hybridized carbons (Fsp3) is 0.233. The summed E-state index contributed by atoms with van der Waals surface area (Å²) in [7, 11) is 0. The Morgan fingerprint density at radius 3 is 1.82 bits per heavy atom. The number of benzene rings is 3. The molecule has 1 aliphatic rings. The summed E-state index contributed by atoms with van der Waals surface area (Å²) < 4.78 is 2.27. The Bertz CT molecular complexity index is 1240. The molecule has 5 rings (SSSR count). The van der Waals surface area contributed by atoms with Crippen LogP contribution in [0.25, 0.3) is 28.2 Å². The van der Waals surface area contributed by atoms with Crippen molar-refractivity contribution >= 4 is 17.4 Å². The number of carbonyl (C=O) groups is 1. The van der Waals surface area contributed by atoms with Crippen molar-refractivity contribution in [1.29, 1.82) is 0 Å². The first kappa shape index (κ1) is 21.7. The molecule has 0 saturated heterocycles. The standard InChI is InChI=1S/C30H28ClNO/c1-21(33)22-13-17-28(18-14-22)32-29(19-20-30(32)26-11-15-27(31)16-12-26)25-9-7-24(8-10-25)23-5-3-2-4-6-23/h7-20,23H,2-6H2,1H3. The molecule has 1 aliphatic carbocycles. The zero-order chi connectivity index (χ0) is 22.8. The van der Waals surface area contributed by atoms with Gasteiger partial charge in [0.15, 0.2) is 5.78 Å². The second kappa shape index (κ2) is 9.41. The Kier molecular flexibility index (Phi) is 6.20.